The van der Waals surface area contributed by atoms with E-state index in [2.05, 4.69) is 13.8 Å². The Morgan fingerprint density at radius 2 is 0.792 bits per heavy atom. The van der Waals surface area contributed by atoms with Gasteiger partial charge in [-0.3, -0.25) is 0 Å². The zero-order chi connectivity index (χ0) is 31.6. The summed E-state index contributed by atoms with van der Waals surface area (Å²) in [7, 11) is 6.63. The Kier molecular flexibility index (Phi) is 13.2. The van der Waals surface area contributed by atoms with Gasteiger partial charge in [0.2, 0.25) is 0 Å². The third-order valence-electron chi connectivity index (χ3n) is 8.71. The molecule has 48 heavy (non-hydrogen) atoms. The third kappa shape index (κ3) is 6.96. The van der Waals surface area contributed by atoms with Gasteiger partial charge in [0, 0.05) is 22.3 Å². The van der Waals surface area contributed by atoms with Gasteiger partial charge >= 0.3 is 16.5 Å². The zero-order valence-corrected chi connectivity index (χ0v) is 31.7. The molecule has 256 valence electrons. The van der Waals surface area contributed by atoms with Crippen molar-refractivity contribution in [1.29, 1.82) is 0 Å². The number of halogens is 2. The van der Waals surface area contributed by atoms with Gasteiger partial charge in [-0.25, -0.2) is 9.98 Å². The van der Waals surface area contributed by atoms with Crippen molar-refractivity contribution in [3.63, 3.8) is 0 Å². The van der Waals surface area contributed by atoms with Crippen molar-refractivity contribution in [1.82, 2.24) is 0 Å². The third-order valence-corrected chi connectivity index (χ3v) is 8.71. The molecule has 0 spiro atoms. The molecule has 0 saturated heterocycles. The normalized spacial score (nSPS) is 18.3. The maximum Gasteiger partial charge on any atom is 2.00 e. The molecule has 0 saturated carbocycles. The van der Waals surface area contributed by atoms with Gasteiger partial charge in [-0.15, -0.1) is 0 Å². The van der Waals surface area contributed by atoms with E-state index in [-0.39, 0.29) is 69.0 Å². The molecule has 2 heterocycles. The van der Waals surface area contributed by atoms with Crippen LogP contribution in [0.25, 0.3) is 0 Å². The number of aliphatic imine (C=N–C) groups is 2. The van der Waals surface area contributed by atoms with E-state index in [1.807, 2.05) is 97.1 Å². The zero-order valence-electron chi connectivity index (χ0n) is 27.5. The topological polar surface area (TPSA) is 80.1 Å². The number of rotatable bonds is 10. The van der Waals surface area contributed by atoms with Crippen LogP contribution in [0.4, 0.5) is 0 Å². The molecule has 0 aliphatic carbocycles. The van der Waals surface area contributed by atoms with E-state index in [0.29, 0.717) is 11.8 Å². The van der Waals surface area contributed by atoms with Crippen LogP contribution in [0.2, 0.25) is 0 Å². The molecule has 8 nitrogen and oxygen atoms in total. The number of nitrogens with zero attached hydrogens (tertiary/aromatic N) is 2. The quantitative estimate of drug-likeness (QED) is 0.222. The first kappa shape index (κ1) is 38.9. The largest absolute Gasteiger partial charge is 2.00 e. The van der Waals surface area contributed by atoms with Crippen molar-refractivity contribution in [2.24, 2.45) is 9.98 Å². The Hall–Kier alpha value is -3.53. The second kappa shape index (κ2) is 16.2. The number of methoxy groups -OCH3 is 4. The van der Waals surface area contributed by atoms with Gasteiger partial charge in [0.05, 0.1) is 46.9 Å². The Labute approximate surface area is 313 Å². The van der Waals surface area contributed by atoms with Crippen molar-refractivity contribution in [2.75, 3.05) is 28.4 Å². The van der Waals surface area contributed by atoms with Gasteiger partial charge in [-0.05, 0) is 62.4 Å². The minimum atomic E-state index is -0.917. The molecule has 2 atom stereocenters. The average molecular weight is 825 g/mol. The number of hydrogen-bond donors (Lipinski definition) is 0. The van der Waals surface area contributed by atoms with E-state index in [0.717, 1.165) is 45.3 Å². The van der Waals surface area contributed by atoms with Crippen LogP contribution in [0.3, 0.4) is 0 Å². The van der Waals surface area contributed by atoms with Crippen LogP contribution in [0.5, 0.6) is 23.0 Å². The van der Waals surface area contributed by atoms with E-state index in [1.165, 1.54) is 0 Å². The molecular formula is C37H38Br2N2NiO6. The molecule has 0 unspecified atom stereocenters. The molecular weight excluding hydrogens is 787 g/mol. The van der Waals surface area contributed by atoms with Crippen molar-refractivity contribution in [3.8, 4) is 23.0 Å². The van der Waals surface area contributed by atoms with Gasteiger partial charge in [0.1, 0.15) is 23.0 Å². The van der Waals surface area contributed by atoms with E-state index < -0.39 is 11.2 Å². The molecule has 4 aromatic carbocycles. The fourth-order valence-electron chi connectivity index (χ4n) is 6.45. The number of hydrogen-bond acceptors (Lipinski definition) is 8. The SMILES string of the molecule is COc1cccc(C2(c3cccc(OC)c3)OC(CC3=N[C@H](C)C(c4cccc(OC)c4)(c4cccc(OC)c4)O3)=N[C@@H]2C)c1.[Br-].[Br-].[Ni+2]. The fraction of sp³-hybridized carbons (Fsp3) is 0.297. The summed E-state index contributed by atoms with van der Waals surface area (Å²) in [5.74, 6) is 4.00. The molecule has 0 amide bonds. The summed E-state index contributed by atoms with van der Waals surface area (Å²) in [4.78, 5) is 10.1. The van der Waals surface area contributed by atoms with Gasteiger partial charge in [0.15, 0.2) is 23.0 Å². The van der Waals surface area contributed by atoms with Crippen LogP contribution in [0, 0.1) is 0 Å². The standard InChI is InChI=1S/C37H38N2O6.2BrH.Ni/c1-24-36(26-11-7-15-30(19-26)40-3,27-12-8-16-31(20-27)41-4)44-34(38-24)23-35-39-25(2)37(45-35,28-13-9-17-32(21-28)42-5)29-14-10-18-33(22-29)43-6;;;/h7-22,24-25H,23H2,1-6H3;2*1H;/q;;;+2/p-2/t24-,25-;;;/m1.../s1. The minimum absolute atomic E-state index is 0. The van der Waals surface area contributed by atoms with Crippen molar-refractivity contribution in [3.05, 3.63) is 119 Å². The van der Waals surface area contributed by atoms with Crippen molar-refractivity contribution >= 4 is 11.8 Å². The second-order valence-electron chi connectivity index (χ2n) is 11.2. The molecule has 0 bridgehead atoms. The summed E-state index contributed by atoms with van der Waals surface area (Å²) in [6.07, 6.45) is 0.278. The first-order valence-electron chi connectivity index (χ1n) is 15.0. The summed E-state index contributed by atoms with van der Waals surface area (Å²) < 4.78 is 36.2. The van der Waals surface area contributed by atoms with Crippen molar-refractivity contribution in [2.45, 2.75) is 43.6 Å². The first-order valence-corrected chi connectivity index (χ1v) is 15.0. The van der Waals surface area contributed by atoms with Crippen LogP contribution in [0.15, 0.2) is 107 Å². The average Bonchev–Trinajstić information content (AvgIpc) is 3.60. The van der Waals surface area contributed by atoms with Crippen LogP contribution < -0.4 is 52.9 Å². The molecule has 0 aromatic heterocycles. The summed E-state index contributed by atoms with van der Waals surface area (Å²) in [5, 5.41) is 0. The Morgan fingerprint density at radius 1 is 0.521 bits per heavy atom. The molecule has 11 heteroatoms. The summed E-state index contributed by atoms with van der Waals surface area (Å²) >= 11 is 0. The molecule has 0 N–H and O–H groups in total. The van der Waals surface area contributed by atoms with E-state index in [1.54, 1.807) is 28.4 Å². The van der Waals surface area contributed by atoms with Crippen LogP contribution in [-0.2, 0) is 37.2 Å². The van der Waals surface area contributed by atoms with E-state index >= 15 is 0 Å². The molecule has 6 rings (SSSR count). The van der Waals surface area contributed by atoms with Gasteiger partial charge in [0.25, 0.3) is 0 Å². The maximum absolute atomic E-state index is 6.92. The van der Waals surface area contributed by atoms with Crippen LogP contribution in [0.1, 0.15) is 42.5 Å². The predicted molar refractivity (Wildman–Crippen MR) is 174 cm³/mol. The number of ether oxygens (including phenoxy) is 6. The maximum atomic E-state index is 6.92. The van der Waals surface area contributed by atoms with Gasteiger partial charge in [-0.1, -0.05) is 48.5 Å². The van der Waals surface area contributed by atoms with Crippen LogP contribution in [-0.4, -0.2) is 52.3 Å². The number of benzene rings is 4. The smallest absolute Gasteiger partial charge is 1.00 e. The summed E-state index contributed by atoms with van der Waals surface area (Å²) in [6, 6.07) is 31.1. The summed E-state index contributed by atoms with van der Waals surface area (Å²) in [5.41, 5.74) is 1.86. The molecule has 0 fully saturated rings. The van der Waals surface area contributed by atoms with E-state index in [9.17, 15) is 0 Å². The molecule has 2 aliphatic heterocycles. The predicted octanol–water partition coefficient (Wildman–Crippen LogP) is 0.938. The van der Waals surface area contributed by atoms with Crippen molar-refractivity contribution < 1.29 is 78.9 Å². The summed E-state index contributed by atoms with van der Waals surface area (Å²) in [6.45, 7) is 4.12. The Bertz CT molecular complexity index is 1550. The minimum Gasteiger partial charge on any atom is -1.00 e. The van der Waals surface area contributed by atoms with Gasteiger partial charge in [-0.2, -0.15) is 0 Å². The Balaban J connectivity index is 0.00000208. The van der Waals surface area contributed by atoms with Gasteiger partial charge < -0.3 is 62.4 Å². The molecule has 4 aromatic rings. The van der Waals surface area contributed by atoms with E-state index in [4.69, 9.17) is 38.4 Å². The molecule has 2 aliphatic rings. The monoisotopic (exact) mass is 822 g/mol. The van der Waals surface area contributed by atoms with Crippen LogP contribution >= 0.6 is 0 Å². The second-order valence-corrected chi connectivity index (χ2v) is 11.2. The fourth-order valence-corrected chi connectivity index (χ4v) is 6.45. The Morgan fingerprint density at radius 3 is 1.04 bits per heavy atom. The first-order chi connectivity index (χ1) is 21.9. The molecule has 0 radical (unpaired) electrons.